The first kappa shape index (κ1) is 26.8. The van der Waals surface area contributed by atoms with Gasteiger partial charge < -0.3 is 0 Å². The quantitative estimate of drug-likeness (QED) is 0.187. The van der Waals surface area contributed by atoms with Crippen LogP contribution in [0.2, 0.25) is 0 Å². The highest BCUT2D eigenvalue weighted by atomic mass is 16.2. The van der Waals surface area contributed by atoms with Crippen molar-refractivity contribution in [1.82, 2.24) is 4.90 Å². The van der Waals surface area contributed by atoms with E-state index < -0.39 is 5.91 Å². The van der Waals surface area contributed by atoms with Gasteiger partial charge in [0, 0.05) is 12.8 Å². The van der Waals surface area contributed by atoms with Crippen LogP contribution in [0.1, 0.15) is 130 Å². The molecule has 3 unspecified atom stereocenters. The van der Waals surface area contributed by atoms with Crippen LogP contribution in [0, 0.1) is 17.8 Å². The summed E-state index contributed by atoms with van der Waals surface area (Å²) in [6.45, 7) is 7.52. The fourth-order valence-corrected chi connectivity index (χ4v) is 4.72. The number of carbonyl (C=O) groups is 3. The Hall–Kier alpha value is -1.19. The standard InChI is InChI=1S/C26H47NO3/c1-5-6-7-8-9-10-11-12-13-14-15-16-17-18-19-21(2)20-24-22(3)25(29)27(23(4)28)26(24)30/h21-22,24H,5-20H2,1-4H3. The van der Waals surface area contributed by atoms with Gasteiger partial charge in [0.25, 0.3) is 0 Å². The topological polar surface area (TPSA) is 54.5 Å². The second-order valence-electron chi connectivity index (χ2n) is 9.65. The second-order valence-corrected chi connectivity index (χ2v) is 9.65. The molecule has 0 radical (unpaired) electrons. The van der Waals surface area contributed by atoms with E-state index in [0.717, 1.165) is 11.3 Å². The number of unbranched alkanes of at least 4 members (excludes halogenated alkanes) is 13. The van der Waals surface area contributed by atoms with Crippen LogP contribution < -0.4 is 0 Å². The maximum atomic E-state index is 12.4. The van der Waals surface area contributed by atoms with Gasteiger partial charge in [0.2, 0.25) is 17.7 Å². The highest BCUT2D eigenvalue weighted by Crippen LogP contribution is 2.32. The van der Waals surface area contributed by atoms with Crippen molar-refractivity contribution in [3.8, 4) is 0 Å². The molecule has 3 atom stereocenters. The van der Waals surface area contributed by atoms with Crippen molar-refractivity contribution < 1.29 is 14.4 Å². The third-order valence-electron chi connectivity index (χ3n) is 6.77. The van der Waals surface area contributed by atoms with E-state index in [4.69, 9.17) is 0 Å². The summed E-state index contributed by atoms with van der Waals surface area (Å²) in [6, 6.07) is 0. The van der Waals surface area contributed by atoms with E-state index in [1.54, 1.807) is 6.92 Å². The molecule has 1 fully saturated rings. The average Bonchev–Trinajstić information content (AvgIpc) is 2.91. The van der Waals surface area contributed by atoms with Gasteiger partial charge in [-0.3, -0.25) is 14.4 Å². The number of nitrogens with zero attached hydrogens (tertiary/aromatic N) is 1. The predicted molar refractivity (Wildman–Crippen MR) is 124 cm³/mol. The van der Waals surface area contributed by atoms with Crippen LogP contribution in [-0.2, 0) is 14.4 Å². The number of likely N-dealkylation sites (tertiary alicyclic amines) is 1. The van der Waals surface area contributed by atoms with Gasteiger partial charge in [-0.25, -0.2) is 4.90 Å². The van der Waals surface area contributed by atoms with E-state index in [0.29, 0.717) is 12.3 Å². The van der Waals surface area contributed by atoms with Crippen LogP contribution in [0.4, 0.5) is 0 Å². The number of hydrogen-bond donors (Lipinski definition) is 0. The number of carbonyl (C=O) groups excluding carboxylic acids is 3. The smallest absolute Gasteiger partial charge is 0.239 e. The molecule has 1 aliphatic heterocycles. The molecular weight excluding hydrogens is 374 g/mol. The van der Waals surface area contributed by atoms with Gasteiger partial charge in [0.15, 0.2) is 0 Å². The third-order valence-corrected chi connectivity index (χ3v) is 6.77. The highest BCUT2D eigenvalue weighted by Gasteiger charge is 2.46. The fourth-order valence-electron chi connectivity index (χ4n) is 4.72. The van der Waals surface area contributed by atoms with Gasteiger partial charge in [0.1, 0.15) is 0 Å². The molecular formula is C26H47NO3. The zero-order valence-corrected chi connectivity index (χ0v) is 20.2. The first-order valence-electron chi connectivity index (χ1n) is 12.8. The fraction of sp³-hybridized carbons (Fsp3) is 0.885. The summed E-state index contributed by atoms with van der Waals surface area (Å²) >= 11 is 0. The van der Waals surface area contributed by atoms with Gasteiger partial charge in [0.05, 0.1) is 5.92 Å². The van der Waals surface area contributed by atoms with E-state index in [1.807, 2.05) is 0 Å². The van der Waals surface area contributed by atoms with Gasteiger partial charge in [-0.15, -0.1) is 0 Å². The maximum absolute atomic E-state index is 12.4. The maximum Gasteiger partial charge on any atom is 0.239 e. The summed E-state index contributed by atoms with van der Waals surface area (Å²) in [6.07, 6.45) is 20.9. The Labute approximate surface area is 185 Å². The summed E-state index contributed by atoms with van der Waals surface area (Å²) in [5.41, 5.74) is 0. The number of hydrogen-bond acceptors (Lipinski definition) is 3. The van der Waals surface area contributed by atoms with E-state index in [9.17, 15) is 14.4 Å². The molecule has 0 aromatic carbocycles. The molecule has 0 spiro atoms. The molecule has 0 aromatic heterocycles. The minimum Gasteiger partial charge on any atom is -0.274 e. The first-order chi connectivity index (χ1) is 14.4. The molecule has 0 bridgehead atoms. The van der Waals surface area contributed by atoms with Gasteiger partial charge in [-0.2, -0.15) is 0 Å². The van der Waals surface area contributed by atoms with Crippen molar-refractivity contribution in [2.75, 3.05) is 0 Å². The van der Waals surface area contributed by atoms with Gasteiger partial charge >= 0.3 is 0 Å². The van der Waals surface area contributed by atoms with Crippen LogP contribution in [0.15, 0.2) is 0 Å². The molecule has 3 amide bonds. The molecule has 4 heteroatoms. The lowest BCUT2D eigenvalue weighted by atomic mass is 9.85. The lowest BCUT2D eigenvalue weighted by Crippen LogP contribution is -2.35. The van der Waals surface area contributed by atoms with Crippen molar-refractivity contribution in [2.24, 2.45) is 17.8 Å². The molecule has 4 nitrogen and oxygen atoms in total. The Morgan fingerprint density at radius 3 is 1.63 bits per heavy atom. The monoisotopic (exact) mass is 421 g/mol. The largest absolute Gasteiger partial charge is 0.274 e. The Morgan fingerprint density at radius 2 is 1.23 bits per heavy atom. The summed E-state index contributed by atoms with van der Waals surface area (Å²) < 4.78 is 0. The van der Waals surface area contributed by atoms with Crippen molar-refractivity contribution in [1.29, 1.82) is 0 Å². The lowest BCUT2D eigenvalue weighted by Gasteiger charge is -2.17. The molecule has 174 valence electrons. The van der Waals surface area contributed by atoms with E-state index in [2.05, 4.69) is 13.8 Å². The molecule has 1 rings (SSSR count). The Kier molecular flexibility index (Phi) is 13.9. The van der Waals surface area contributed by atoms with E-state index >= 15 is 0 Å². The summed E-state index contributed by atoms with van der Waals surface area (Å²) in [4.78, 5) is 36.9. The van der Waals surface area contributed by atoms with Crippen LogP contribution in [0.25, 0.3) is 0 Å². The minimum absolute atomic E-state index is 0.284. The number of amides is 3. The second kappa shape index (κ2) is 15.6. The zero-order valence-electron chi connectivity index (χ0n) is 20.2. The van der Waals surface area contributed by atoms with Crippen molar-refractivity contribution in [3.05, 3.63) is 0 Å². The number of imide groups is 3. The number of rotatable bonds is 17. The molecule has 1 saturated heterocycles. The molecule has 0 aliphatic carbocycles. The Bertz CT molecular complexity index is 516. The van der Waals surface area contributed by atoms with Crippen LogP contribution in [0.3, 0.4) is 0 Å². The first-order valence-corrected chi connectivity index (χ1v) is 12.8. The van der Waals surface area contributed by atoms with Gasteiger partial charge in [-0.1, -0.05) is 117 Å². The van der Waals surface area contributed by atoms with Crippen LogP contribution >= 0.6 is 0 Å². The molecule has 1 heterocycles. The van der Waals surface area contributed by atoms with Crippen LogP contribution in [0.5, 0.6) is 0 Å². The summed E-state index contributed by atoms with van der Waals surface area (Å²) in [5, 5.41) is 0. The van der Waals surface area contributed by atoms with Gasteiger partial charge in [-0.05, 0) is 12.3 Å². The third kappa shape index (κ3) is 9.75. The lowest BCUT2D eigenvalue weighted by molar-refractivity contribution is -0.149. The minimum atomic E-state index is -0.445. The molecule has 0 N–H and O–H groups in total. The van der Waals surface area contributed by atoms with Crippen molar-refractivity contribution >= 4 is 17.7 Å². The normalized spacial score (nSPS) is 20.2. The predicted octanol–water partition coefficient (Wildman–Crippen LogP) is 7.05. The molecule has 0 aromatic rings. The van der Waals surface area contributed by atoms with E-state index in [-0.39, 0.29) is 23.7 Å². The SMILES string of the molecule is CCCCCCCCCCCCCCCCC(C)CC1C(=O)N(C(C)=O)C(=O)C1C. The summed E-state index contributed by atoms with van der Waals surface area (Å²) in [7, 11) is 0. The van der Waals surface area contributed by atoms with Crippen molar-refractivity contribution in [3.63, 3.8) is 0 Å². The molecule has 30 heavy (non-hydrogen) atoms. The zero-order chi connectivity index (χ0) is 22.4. The summed E-state index contributed by atoms with van der Waals surface area (Å²) in [5.74, 6) is -1.31. The molecule has 1 aliphatic rings. The average molecular weight is 422 g/mol. The highest BCUT2D eigenvalue weighted by molar-refractivity contribution is 6.16. The molecule has 0 saturated carbocycles. The van der Waals surface area contributed by atoms with Crippen LogP contribution in [-0.4, -0.2) is 22.6 Å². The van der Waals surface area contributed by atoms with E-state index in [1.165, 1.54) is 96.8 Å². The Balaban J connectivity index is 2.00. The van der Waals surface area contributed by atoms with Crippen molar-refractivity contribution in [2.45, 2.75) is 130 Å². The Morgan fingerprint density at radius 1 is 0.800 bits per heavy atom.